The molecule has 2 heterocycles. The van der Waals surface area contributed by atoms with E-state index < -0.39 is 11.4 Å². The van der Waals surface area contributed by atoms with E-state index in [4.69, 9.17) is 9.47 Å². The third-order valence-electron chi connectivity index (χ3n) is 5.54. The zero-order valence-electron chi connectivity index (χ0n) is 17.2. The summed E-state index contributed by atoms with van der Waals surface area (Å²) in [6.07, 6.45) is 0. The predicted octanol–water partition coefficient (Wildman–Crippen LogP) is 5.05. The standard InChI is InChI=1S/C24H24N2O4/c1-24(2,23(27)28)21-17-6-4-5-7-19(17)30-22-18(21)12-13-20(26-22)25-14-15-8-10-16(29-3)11-9-15/h4-13,21H,14H2,1-3H3,(H,25,26)(H,27,28). The minimum atomic E-state index is -1.02. The number of nitrogens with zero attached hydrogens (tertiary/aromatic N) is 1. The molecule has 154 valence electrons. The quantitative estimate of drug-likeness (QED) is 0.598. The molecule has 0 aliphatic carbocycles. The zero-order chi connectivity index (χ0) is 21.3. The highest BCUT2D eigenvalue weighted by atomic mass is 16.5. The molecule has 1 unspecified atom stereocenters. The van der Waals surface area contributed by atoms with E-state index in [0.29, 0.717) is 24.0 Å². The van der Waals surface area contributed by atoms with Crippen LogP contribution >= 0.6 is 0 Å². The van der Waals surface area contributed by atoms with Gasteiger partial charge in [-0.1, -0.05) is 30.3 Å². The van der Waals surface area contributed by atoms with E-state index in [-0.39, 0.29) is 5.92 Å². The second kappa shape index (κ2) is 7.71. The number of pyridine rings is 1. The number of para-hydroxylation sites is 1. The fraction of sp³-hybridized carbons (Fsp3) is 0.250. The number of fused-ring (bicyclic) bond motifs is 2. The molecule has 0 saturated heterocycles. The van der Waals surface area contributed by atoms with Gasteiger partial charge in [0.25, 0.3) is 0 Å². The number of hydrogen-bond donors (Lipinski definition) is 2. The van der Waals surface area contributed by atoms with Gasteiger partial charge in [0.15, 0.2) is 0 Å². The molecule has 0 fully saturated rings. The van der Waals surface area contributed by atoms with Crippen LogP contribution in [0, 0.1) is 5.41 Å². The Labute approximate surface area is 175 Å². The summed E-state index contributed by atoms with van der Waals surface area (Å²) >= 11 is 0. The Bertz CT molecular complexity index is 1080. The van der Waals surface area contributed by atoms with Crippen molar-refractivity contribution in [3.63, 3.8) is 0 Å². The van der Waals surface area contributed by atoms with Gasteiger partial charge < -0.3 is 19.9 Å². The predicted molar refractivity (Wildman–Crippen MR) is 114 cm³/mol. The Morgan fingerprint density at radius 1 is 1.10 bits per heavy atom. The first-order valence-corrected chi connectivity index (χ1v) is 9.78. The van der Waals surface area contributed by atoms with Crippen LogP contribution < -0.4 is 14.8 Å². The number of aromatic nitrogens is 1. The summed E-state index contributed by atoms with van der Waals surface area (Å²) in [4.78, 5) is 16.7. The van der Waals surface area contributed by atoms with E-state index in [2.05, 4.69) is 10.3 Å². The lowest BCUT2D eigenvalue weighted by atomic mass is 9.70. The Morgan fingerprint density at radius 3 is 2.53 bits per heavy atom. The molecule has 2 aromatic carbocycles. The molecule has 0 bridgehead atoms. The topological polar surface area (TPSA) is 80.7 Å². The van der Waals surface area contributed by atoms with Gasteiger partial charge in [-0.15, -0.1) is 0 Å². The number of aliphatic carboxylic acids is 1. The molecule has 30 heavy (non-hydrogen) atoms. The van der Waals surface area contributed by atoms with Gasteiger partial charge in [0.1, 0.15) is 17.3 Å². The first kappa shape index (κ1) is 19.8. The van der Waals surface area contributed by atoms with E-state index in [1.807, 2.05) is 60.7 Å². The van der Waals surface area contributed by atoms with Gasteiger partial charge in [0, 0.05) is 23.6 Å². The lowest BCUT2D eigenvalue weighted by Gasteiger charge is -2.36. The highest BCUT2D eigenvalue weighted by Crippen LogP contribution is 2.51. The monoisotopic (exact) mass is 404 g/mol. The van der Waals surface area contributed by atoms with Crippen molar-refractivity contribution in [3.05, 3.63) is 77.4 Å². The second-order valence-electron chi connectivity index (χ2n) is 7.89. The highest BCUT2D eigenvalue weighted by Gasteiger charge is 2.44. The van der Waals surface area contributed by atoms with Gasteiger partial charge in [0.2, 0.25) is 5.88 Å². The van der Waals surface area contributed by atoms with Gasteiger partial charge in [-0.2, -0.15) is 4.98 Å². The molecule has 6 nitrogen and oxygen atoms in total. The van der Waals surface area contributed by atoms with Crippen LogP contribution in [-0.4, -0.2) is 23.2 Å². The number of methoxy groups -OCH3 is 1. The van der Waals surface area contributed by atoms with Crippen LogP contribution in [0.4, 0.5) is 5.82 Å². The third kappa shape index (κ3) is 3.56. The van der Waals surface area contributed by atoms with E-state index in [0.717, 1.165) is 22.4 Å². The first-order chi connectivity index (χ1) is 14.4. The van der Waals surface area contributed by atoms with Gasteiger partial charge in [-0.3, -0.25) is 4.79 Å². The molecule has 1 aliphatic rings. The maximum absolute atomic E-state index is 12.0. The Morgan fingerprint density at radius 2 is 1.83 bits per heavy atom. The van der Waals surface area contributed by atoms with Gasteiger partial charge in [0.05, 0.1) is 12.5 Å². The van der Waals surface area contributed by atoms with E-state index in [9.17, 15) is 9.90 Å². The fourth-order valence-electron chi connectivity index (χ4n) is 3.77. The molecule has 0 radical (unpaired) electrons. The van der Waals surface area contributed by atoms with Crippen molar-refractivity contribution in [3.8, 4) is 17.4 Å². The van der Waals surface area contributed by atoms with Crippen LogP contribution in [-0.2, 0) is 11.3 Å². The Kier molecular flexibility index (Phi) is 5.08. The molecule has 1 atom stereocenters. The van der Waals surface area contributed by atoms with Crippen molar-refractivity contribution in [2.75, 3.05) is 12.4 Å². The van der Waals surface area contributed by atoms with Crippen molar-refractivity contribution in [2.45, 2.75) is 26.3 Å². The van der Waals surface area contributed by atoms with E-state index in [1.165, 1.54) is 0 Å². The maximum Gasteiger partial charge on any atom is 0.310 e. The molecule has 0 spiro atoms. The van der Waals surface area contributed by atoms with Crippen molar-refractivity contribution in [2.24, 2.45) is 5.41 Å². The number of anilines is 1. The zero-order valence-corrected chi connectivity index (χ0v) is 17.2. The highest BCUT2D eigenvalue weighted by molar-refractivity contribution is 5.77. The molecule has 0 saturated carbocycles. The second-order valence-corrected chi connectivity index (χ2v) is 7.89. The van der Waals surface area contributed by atoms with Crippen molar-refractivity contribution in [1.29, 1.82) is 0 Å². The SMILES string of the molecule is COc1ccc(CNc2ccc3c(n2)Oc2ccccc2C3C(C)(C)C(=O)O)cc1. The number of carbonyl (C=O) groups is 1. The van der Waals surface area contributed by atoms with Crippen LogP contribution in [0.2, 0.25) is 0 Å². The molecular formula is C24H24N2O4. The van der Waals surface area contributed by atoms with Crippen LogP contribution in [0.15, 0.2) is 60.7 Å². The van der Waals surface area contributed by atoms with E-state index in [1.54, 1.807) is 21.0 Å². The average Bonchev–Trinajstić information content (AvgIpc) is 2.75. The minimum Gasteiger partial charge on any atom is -0.497 e. The summed E-state index contributed by atoms with van der Waals surface area (Å²) in [5.74, 6) is 1.33. The number of carboxylic acids is 1. The molecule has 0 amide bonds. The normalized spacial score (nSPS) is 14.8. The largest absolute Gasteiger partial charge is 0.497 e. The lowest BCUT2D eigenvalue weighted by Crippen LogP contribution is -2.33. The summed E-state index contributed by atoms with van der Waals surface area (Å²) in [5.41, 5.74) is 1.70. The molecule has 6 heteroatoms. The number of carboxylic acid groups (broad SMARTS) is 1. The number of ether oxygens (including phenoxy) is 2. The average molecular weight is 404 g/mol. The molecule has 4 rings (SSSR count). The lowest BCUT2D eigenvalue weighted by molar-refractivity contribution is -0.147. The van der Waals surface area contributed by atoms with Crippen LogP contribution in [0.3, 0.4) is 0 Å². The summed E-state index contributed by atoms with van der Waals surface area (Å²) in [7, 11) is 1.64. The summed E-state index contributed by atoms with van der Waals surface area (Å²) < 4.78 is 11.2. The van der Waals surface area contributed by atoms with Crippen molar-refractivity contribution in [1.82, 2.24) is 4.98 Å². The van der Waals surface area contributed by atoms with Crippen LogP contribution in [0.1, 0.15) is 36.5 Å². The van der Waals surface area contributed by atoms with Gasteiger partial charge >= 0.3 is 5.97 Å². The van der Waals surface area contributed by atoms with Gasteiger partial charge in [-0.05, 0) is 49.7 Å². The van der Waals surface area contributed by atoms with Gasteiger partial charge in [-0.25, -0.2) is 0 Å². The molecule has 1 aliphatic heterocycles. The fourth-order valence-corrected chi connectivity index (χ4v) is 3.77. The summed E-state index contributed by atoms with van der Waals surface area (Å²) in [5, 5.41) is 13.2. The minimum absolute atomic E-state index is 0.363. The summed E-state index contributed by atoms with van der Waals surface area (Å²) in [6.45, 7) is 4.07. The van der Waals surface area contributed by atoms with Crippen molar-refractivity contribution < 1.29 is 19.4 Å². The van der Waals surface area contributed by atoms with E-state index >= 15 is 0 Å². The van der Waals surface area contributed by atoms with Crippen LogP contribution in [0.5, 0.6) is 17.4 Å². The van der Waals surface area contributed by atoms with Crippen molar-refractivity contribution >= 4 is 11.8 Å². The molecule has 1 aromatic heterocycles. The first-order valence-electron chi connectivity index (χ1n) is 9.78. The molecule has 3 aromatic rings. The summed E-state index contributed by atoms with van der Waals surface area (Å²) in [6, 6.07) is 19.1. The number of nitrogens with one attached hydrogen (secondary N) is 1. The Hall–Kier alpha value is -3.54. The molecular weight excluding hydrogens is 380 g/mol. The number of rotatable bonds is 6. The maximum atomic E-state index is 12.0. The molecule has 2 N–H and O–H groups in total. The number of benzene rings is 2. The Balaban J connectivity index is 1.64. The van der Waals surface area contributed by atoms with Crippen LogP contribution in [0.25, 0.3) is 0 Å². The number of hydrogen-bond acceptors (Lipinski definition) is 5. The smallest absolute Gasteiger partial charge is 0.310 e. The third-order valence-corrected chi connectivity index (χ3v) is 5.54.